The normalized spacial score (nSPS) is 11.5. The predicted molar refractivity (Wildman–Crippen MR) is 196 cm³/mol. The summed E-state index contributed by atoms with van der Waals surface area (Å²) in [5.74, 6) is -0.478. The van der Waals surface area contributed by atoms with E-state index < -0.39 is 0 Å². The SMILES string of the molecule is Cc1c(C)n(C(=O)c2nc(-c3ccccc3)sc2-c2sc(-c3ccccc3)nc2C(=O)n2c(C)c(C)c3ccccc32)c2ccccc12. The van der Waals surface area contributed by atoms with Crippen molar-refractivity contribution < 1.29 is 9.59 Å². The Labute approximate surface area is 285 Å². The summed E-state index contributed by atoms with van der Waals surface area (Å²) in [5, 5.41) is 3.44. The van der Waals surface area contributed by atoms with Gasteiger partial charge < -0.3 is 0 Å². The summed E-state index contributed by atoms with van der Waals surface area (Å²) in [6.45, 7) is 8.01. The average Bonchev–Trinajstić information content (AvgIpc) is 3.88. The Hall–Kier alpha value is -5.44. The Bertz CT molecular complexity index is 2360. The lowest BCUT2D eigenvalue weighted by Gasteiger charge is -2.09. The van der Waals surface area contributed by atoms with Crippen LogP contribution in [0.1, 0.15) is 43.5 Å². The van der Waals surface area contributed by atoms with Crippen LogP contribution in [0.3, 0.4) is 0 Å². The van der Waals surface area contributed by atoms with Crippen LogP contribution in [0.4, 0.5) is 0 Å². The number of fused-ring (bicyclic) bond motifs is 2. The third kappa shape index (κ3) is 4.67. The van der Waals surface area contributed by atoms with Gasteiger partial charge in [-0.3, -0.25) is 18.7 Å². The Kier molecular flexibility index (Phi) is 7.27. The van der Waals surface area contributed by atoms with Gasteiger partial charge in [-0.2, -0.15) is 0 Å². The Morgan fingerprint density at radius 3 is 1.25 bits per heavy atom. The molecule has 0 aliphatic rings. The maximum absolute atomic E-state index is 14.8. The number of para-hydroxylation sites is 2. The summed E-state index contributed by atoms with van der Waals surface area (Å²) >= 11 is 2.84. The van der Waals surface area contributed by atoms with Crippen molar-refractivity contribution in [1.29, 1.82) is 0 Å². The second kappa shape index (κ2) is 11.7. The first kappa shape index (κ1) is 29.9. The lowest BCUT2D eigenvalue weighted by Crippen LogP contribution is -2.17. The van der Waals surface area contributed by atoms with Crippen LogP contribution < -0.4 is 0 Å². The van der Waals surface area contributed by atoms with E-state index in [4.69, 9.17) is 9.97 Å². The third-order valence-electron chi connectivity index (χ3n) is 9.17. The summed E-state index contributed by atoms with van der Waals surface area (Å²) in [5.41, 5.74) is 7.85. The largest absolute Gasteiger partial charge is 0.282 e. The quantitative estimate of drug-likeness (QED) is 0.184. The van der Waals surface area contributed by atoms with E-state index in [1.165, 1.54) is 22.7 Å². The minimum absolute atomic E-state index is 0.239. The summed E-state index contributed by atoms with van der Waals surface area (Å²) in [6.07, 6.45) is 0. The molecule has 0 spiro atoms. The summed E-state index contributed by atoms with van der Waals surface area (Å²) < 4.78 is 3.51. The number of hydrogen-bond acceptors (Lipinski definition) is 6. The molecule has 0 fully saturated rings. The Balaban J connectivity index is 1.40. The van der Waals surface area contributed by atoms with Gasteiger partial charge in [-0.05, 0) is 51.0 Å². The third-order valence-corrected chi connectivity index (χ3v) is 11.5. The van der Waals surface area contributed by atoms with Crippen LogP contribution >= 0.6 is 22.7 Å². The van der Waals surface area contributed by atoms with Crippen LogP contribution in [0.25, 0.3) is 52.7 Å². The highest BCUT2D eigenvalue weighted by atomic mass is 32.1. The molecule has 0 amide bonds. The number of benzene rings is 4. The maximum Gasteiger partial charge on any atom is 0.282 e. The Morgan fingerprint density at radius 2 is 0.854 bits per heavy atom. The van der Waals surface area contributed by atoms with E-state index in [0.717, 1.165) is 55.4 Å². The highest BCUT2D eigenvalue weighted by molar-refractivity contribution is 7.25. The number of aromatic nitrogens is 4. The van der Waals surface area contributed by atoms with Crippen molar-refractivity contribution in [2.24, 2.45) is 0 Å². The summed E-state index contributed by atoms with van der Waals surface area (Å²) in [6, 6.07) is 35.6. The number of carbonyl (C=O) groups excluding carboxylic acids is 2. The molecule has 4 aromatic carbocycles. The van der Waals surface area contributed by atoms with Gasteiger partial charge in [0.15, 0.2) is 0 Å². The van der Waals surface area contributed by atoms with E-state index in [1.807, 2.05) is 137 Å². The highest BCUT2D eigenvalue weighted by Gasteiger charge is 2.31. The highest BCUT2D eigenvalue weighted by Crippen LogP contribution is 2.44. The van der Waals surface area contributed by atoms with Crippen molar-refractivity contribution in [1.82, 2.24) is 19.1 Å². The number of nitrogens with zero attached hydrogens (tertiary/aromatic N) is 4. The lowest BCUT2D eigenvalue weighted by molar-refractivity contribution is 0.0949. The van der Waals surface area contributed by atoms with Crippen LogP contribution in [-0.2, 0) is 0 Å². The van der Waals surface area contributed by atoms with Gasteiger partial charge in [0.25, 0.3) is 11.8 Å². The van der Waals surface area contributed by atoms with Crippen LogP contribution in [0.15, 0.2) is 109 Å². The van der Waals surface area contributed by atoms with Gasteiger partial charge in [-0.25, -0.2) is 9.97 Å². The molecule has 0 unspecified atom stereocenters. The molecule has 0 N–H and O–H groups in total. The van der Waals surface area contributed by atoms with Gasteiger partial charge in [-0.1, -0.05) is 97.1 Å². The summed E-state index contributed by atoms with van der Waals surface area (Å²) in [7, 11) is 0. The van der Waals surface area contributed by atoms with E-state index in [2.05, 4.69) is 0 Å². The molecule has 0 saturated heterocycles. The van der Waals surface area contributed by atoms with Gasteiger partial charge >= 0.3 is 0 Å². The first-order chi connectivity index (χ1) is 23.3. The molecule has 8 heteroatoms. The zero-order valence-electron chi connectivity index (χ0n) is 26.8. The summed E-state index contributed by atoms with van der Waals surface area (Å²) in [4.78, 5) is 40.9. The van der Waals surface area contributed by atoms with Gasteiger partial charge in [-0.15, -0.1) is 22.7 Å². The number of rotatable bonds is 5. The fraction of sp³-hybridized carbons (Fsp3) is 0.100. The topological polar surface area (TPSA) is 69.8 Å². The van der Waals surface area contributed by atoms with Crippen molar-refractivity contribution in [2.45, 2.75) is 27.7 Å². The molecule has 4 aromatic heterocycles. The smallest absolute Gasteiger partial charge is 0.279 e. The predicted octanol–water partition coefficient (Wildman–Crippen LogP) is 10.1. The van der Waals surface area contributed by atoms with E-state index >= 15 is 0 Å². The molecule has 8 rings (SSSR count). The van der Waals surface area contributed by atoms with Crippen molar-refractivity contribution >= 4 is 56.3 Å². The van der Waals surface area contributed by atoms with E-state index in [1.54, 1.807) is 9.13 Å². The molecule has 234 valence electrons. The standard InChI is InChI=1S/C40H30N4O2S2/c1-23-25(3)43(31-21-13-11-19-29(23)31)39(45)33-35(47-37(41-33)27-15-7-5-8-16-27)36-34(42-38(48-36)28-17-9-6-10-18-28)40(46)44-26(4)24(2)30-20-12-14-22-32(30)44/h5-22H,1-4H3. The minimum atomic E-state index is -0.239. The van der Waals surface area contributed by atoms with E-state index in [-0.39, 0.29) is 11.8 Å². The zero-order valence-corrected chi connectivity index (χ0v) is 28.4. The molecule has 0 radical (unpaired) electrons. The van der Waals surface area contributed by atoms with Crippen LogP contribution in [-0.4, -0.2) is 30.9 Å². The van der Waals surface area contributed by atoms with Crippen molar-refractivity contribution in [3.8, 4) is 30.9 Å². The second-order valence-electron chi connectivity index (χ2n) is 11.9. The molecule has 0 saturated carbocycles. The lowest BCUT2D eigenvalue weighted by atomic mass is 10.2. The van der Waals surface area contributed by atoms with Gasteiger partial charge in [0.1, 0.15) is 21.4 Å². The second-order valence-corrected chi connectivity index (χ2v) is 13.9. The first-order valence-electron chi connectivity index (χ1n) is 15.7. The molecule has 48 heavy (non-hydrogen) atoms. The number of hydrogen-bond donors (Lipinski definition) is 0. The van der Waals surface area contributed by atoms with E-state index in [0.29, 0.717) is 31.2 Å². The number of carbonyl (C=O) groups is 2. The maximum atomic E-state index is 14.8. The molecular weight excluding hydrogens is 633 g/mol. The monoisotopic (exact) mass is 662 g/mol. The average molecular weight is 663 g/mol. The number of thiazole rings is 2. The molecule has 0 atom stereocenters. The molecule has 0 aliphatic carbocycles. The molecular formula is C40H30N4O2S2. The van der Waals surface area contributed by atoms with Gasteiger partial charge in [0.05, 0.1) is 20.8 Å². The fourth-order valence-corrected chi connectivity index (χ4v) is 8.70. The van der Waals surface area contributed by atoms with Crippen molar-refractivity contribution in [3.05, 3.63) is 143 Å². The first-order valence-corrected chi connectivity index (χ1v) is 17.3. The zero-order chi connectivity index (χ0) is 33.1. The van der Waals surface area contributed by atoms with Gasteiger partial charge in [0, 0.05) is 33.3 Å². The molecule has 4 heterocycles. The Morgan fingerprint density at radius 1 is 0.500 bits per heavy atom. The van der Waals surface area contributed by atoms with Crippen LogP contribution in [0.2, 0.25) is 0 Å². The molecule has 0 bridgehead atoms. The number of aryl methyl sites for hydroxylation is 2. The fourth-order valence-electron chi connectivity index (χ4n) is 6.44. The van der Waals surface area contributed by atoms with Crippen molar-refractivity contribution in [2.75, 3.05) is 0 Å². The van der Waals surface area contributed by atoms with Crippen LogP contribution in [0, 0.1) is 27.7 Å². The van der Waals surface area contributed by atoms with E-state index in [9.17, 15) is 9.59 Å². The molecule has 0 aliphatic heterocycles. The van der Waals surface area contributed by atoms with Gasteiger partial charge in [0.2, 0.25) is 0 Å². The minimum Gasteiger partial charge on any atom is -0.279 e. The van der Waals surface area contributed by atoms with Crippen molar-refractivity contribution in [3.63, 3.8) is 0 Å². The van der Waals surface area contributed by atoms with Crippen LogP contribution in [0.5, 0.6) is 0 Å². The molecule has 8 aromatic rings. The molecule has 6 nitrogen and oxygen atoms in total.